The van der Waals surface area contributed by atoms with Crippen LogP contribution in [-0.2, 0) is 0 Å². The monoisotopic (exact) mass is 259 g/mol. The van der Waals surface area contributed by atoms with Crippen LogP contribution in [0.15, 0.2) is 27.4 Å². The molecule has 0 saturated heterocycles. The predicted molar refractivity (Wildman–Crippen MR) is 61.4 cm³/mol. The summed E-state index contributed by atoms with van der Waals surface area (Å²) in [5, 5.41) is 0.443. The Kier molecular flexibility index (Phi) is 3.03. The Morgan fingerprint density at radius 1 is 1.44 bits per heavy atom. The van der Waals surface area contributed by atoms with Crippen LogP contribution in [0.4, 0.5) is 0 Å². The molecule has 6 heteroatoms. The van der Waals surface area contributed by atoms with Crippen LogP contribution in [0.5, 0.6) is 0 Å². The fourth-order valence-electron chi connectivity index (χ4n) is 1.42. The quantitative estimate of drug-likeness (QED) is 0.779. The molecule has 0 aliphatic heterocycles. The molecule has 1 heterocycles. The van der Waals surface area contributed by atoms with E-state index >= 15 is 0 Å². The van der Waals surface area contributed by atoms with Gasteiger partial charge in [0.15, 0.2) is 5.58 Å². The second kappa shape index (κ2) is 4.31. The number of benzene rings is 1. The van der Waals surface area contributed by atoms with Crippen LogP contribution in [0.2, 0.25) is 5.02 Å². The normalized spacial score (nSPS) is 10.9. The lowest BCUT2D eigenvalue weighted by atomic mass is 10.3. The number of carbonyl (C=O) groups excluding carboxylic acids is 1. The van der Waals surface area contributed by atoms with Crippen LogP contribution in [0.25, 0.3) is 11.1 Å². The van der Waals surface area contributed by atoms with E-state index in [0.717, 1.165) is 4.57 Å². The Balaban J connectivity index is 2.65. The van der Waals surface area contributed by atoms with Crippen molar-refractivity contribution in [1.82, 2.24) is 4.57 Å². The number of carbonyl (C=O) groups is 1. The van der Waals surface area contributed by atoms with Gasteiger partial charge in [0.25, 0.3) is 0 Å². The zero-order valence-corrected chi connectivity index (χ0v) is 9.59. The van der Waals surface area contributed by atoms with Gasteiger partial charge in [-0.25, -0.2) is 9.36 Å². The molecule has 0 bridgehead atoms. The molecule has 16 heavy (non-hydrogen) atoms. The van der Waals surface area contributed by atoms with Crippen molar-refractivity contribution in [1.29, 1.82) is 0 Å². The lowest BCUT2D eigenvalue weighted by Crippen LogP contribution is -2.22. The molecular formula is C10H7Cl2NO3. The standard InChI is InChI=1S/C10H7Cl2NO3/c11-4-3-9(14)13-7-2-1-6(12)5-8(7)16-10(13)15/h1-2,5H,3-4H2. The molecule has 0 aliphatic carbocycles. The van der Waals surface area contributed by atoms with Crippen LogP contribution in [0, 0.1) is 0 Å². The lowest BCUT2D eigenvalue weighted by Gasteiger charge is -1.97. The first kappa shape index (κ1) is 11.2. The molecule has 0 radical (unpaired) electrons. The van der Waals surface area contributed by atoms with Gasteiger partial charge in [0.2, 0.25) is 5.91 Å². The first-order valence-corrected chi connectivity index (χ1v) is 5.45. The van der Waals surface area contributed by atoms with Gasteiger partial charge in [0, 0.05) is 23.4 Å². The fraction of sp³-hybridized carbons (Fsp3) is 0.200. The Hall–Kier alpha value is -1.26. The van der Waals surface area contributed by atoms with E-state index in [1.54, 1.807) is 12.1 Å². The Morgan fingerprint density at radius 3 is 2.88 bits per heavy atom. The topological polar surface area (TPSA) is 52.2 Å². The van der Waals surface area contributed by atoms with Crippen molar-refractivity contribution >= 4 is 40.2 Å². The van der Waals surface area contributed by atoms with Crippen molar-refractivity contribution < 1.29 is 9.21 Å². The summed E-state index contributed by atoms with van der Waals surface area (Å²) in [6.07, 6.45) is 0.0821. The predicted octanol–water partition coefficient (Wildman–Crippen LogP) is 2.52. The number of fused-ring (bicyclic) bond motifs is 1. The second-order valence-electron chi connectivity index (χ2n) is 3.15. The van der Waals surface area contributed by atoms with Gasteiger partial charge in [-0.2, -0.15) is 0 Å². The van der Waals surface area contributed by atoms with E-state index in [1.807, 2.05) is 0 Å². The van der Waals surface area contributed by atoms with E-state index in [9.17, 15) is 9.59 Å². The molecule has 0 N–H and O–H groups in total. The molecule has 1 aromatic heterocycles. The van der Waals surface area contributed by atoms with Crippen LogP contribution in [0.1, 0.15) is 11.2 Å². The maximum absolute atomic E-state index is 11.6. The summed E-state index contributed by atoms with van der Waals surface area (Å²) in [6.45, 7) is 0. The highest BCUT2D eigenvalue weighted by Gasteiger charge is 2.15. The second-order valence-corrected chi connectivity index (χ2v) is 3.96. The Bertz CT molecular complexity index is 600. The number of hydrogen-bond donors (Lipinski definition) is 0. The molecule has 0 unspecified atom stereocenters. The van der Waals surface area contributed by atoms with Gasteiger partial charge in [0.1, 0.15) is 0 Å². The van der Waals surface area contributed by atoms with Crippen molar-refractivity contribution in [3.05, 3.63) is 33.8 Å². The highest BCUT2D eigenvalue weighted by atomic mass is 35.5. The zero-order valence-electron chi connectivity index (χ0n) is 8.07. The van der Waals surface area contributed by atoms with Gasteiger partial charge in [-0.3, -0.25) is 4.79 Å². The van der Waals surface area contributed by atoms with Crippen LogP contribution >= 0.6 is 23.2 Å². The number of oxazole rings is 1. The van der Waals surface area contributed by atoms with Gasteiger partial charge >= 0.3 is 5.76 Å². The lowest BCUT2D eigenvalue weighted by molar-refractivity contribution is 0.0906. The smallest absolute Gasteiger partial charge is 0.407 e. The number of rotatable bonds is 2. The highest BCUT2D eigenvalue weighted by molar-refractivity contribution is 6.31. The third-order valence-corrected chi connectivity index (χ3v) is 2.52. The van der Waals surface area contributed by atoms with E-state index in [0.29, 0.717) is 16.1 Å². The third-order valence-electron chi connectivity index (χ3n) is 2.10. The van der Waals surface area contributed by atoms with Crippen molar-refractivity contribution in [2.75, 3.05) is 5.88 Å². The summed E-state index contributed by atoms with van der Waals surface area (Å²) in [5.74, 6) is -0.945. The molecule has 2 aromatic rings. The zero-order chi connectivity index (χ0) is 11.7. The molecule has 4 nitrogen and oxygen atoms in total. The van der Waals surface area contributed by atoms with Crippen molar-refractivity contribution in [3.63, 3.8) is 0 Å². The van der Waals surface area contributed by atoms with Gasteiger partial charge < -0.3 is 4.42 Å². The van der Waals surface area contributed by atoms with E-state index in [-0.39, 0.29) is 18.2 Å². The molecule has 1 aromatic carbocycles. The summed E-state index contributed by atoms with van der Waals surface area (Å²) in [4.78, 5) is 23.1. The Morgan fingerprint density at radius 2 is 2.19 bits per heavy atom. The number of nitrogens with zero attached hydrogens (tertiary/aromatic N) is 1. The van der Waals surface area contributed by atoms with E-state index in [2.05, 4.69) is 0 Å². The first-order chi connectivity index (χ1) is 7.63. The molecule has 0 amide bonds. The molecule has 2 rings (SSSR count). The molecule has 0 fully saturated rings. The van der Waals surface area contributed by atoms with E-state index < -0.39 is 5.76 Å². The summed E-state index contributed by atoms with van der Waals surface area (Å²) in [7, 11) is 0. The number of alkyl halides is 1. The number of halogens is 2. The number of hydrogen-bond acceptors (Lipinski definition) is 3. The maximum Gasteiger partial charge on any atom is 0.426 e. The summed E-state index contributed by atoms with van der Waals surface area (Å²) >= 11 is 11.2. The molecule has 0 atom stereocenters. The maximum atomic E-state index is 11.6. The minimum Gasteiger partial charge on any atom is -0.407 e. The molecule has 0 aliphatic rings. The van der Waals surface area contributed by atoms with E-state index in [4.69, 9.17) is 27.6 Å². The average molecular weight is 260 g/mol. The molecule has 84 valence electrons. The first-order valence-electron chi connectivity index (χ1n) is 4.54. The van der Waals surface area contributed by atoms with Gasteiger partial charge in [-0.1, -0.05) is 11.6 Å². The minimum absolute atomic E-state index is 0.0821. The Labute approximate surface area is 100 Å². The average Bonchev–Trinajstić information content (AvgIpc) is 2.53. The van der Waals surface area contributed by atoms with Gasteiger partial charge in [0.05, 0.1) is 5.52 Å². The van der Waals surface area contributed by atoms with Crippen LogP contribution < -0.4 is 5.76 Å². The highest BCUT2D eigenvalue weighted by Crippen LogP contribution is 2.18. The summed E-state index contributed by atoms with van der Waals surface area (Å²) in [6, 6.07) is 4.64. The summed E-state index contributed by atoms with van der Waals surface area (Å²) in [5.41, 5.74) is 0.699. The fourth-order valence-corrected chi connectivity index (χ4v) is 1.75. The van der Waals surface area contributed by atoms with Gasteiger partial charge in [-0.15, -0.1) is 11.6 Å². The van der Waals surface area contributed by atoms with Crippen molar-refractivity contribution in [3.8, 4) is 0 Å². The van der Waals surface area contributed by atoms with Crippen molar-refractivity contribution in [2.24, 2.45) is 0 Å². The molecule has 0 spiro atoms. The van der Waals surface area contributed by atoms with Crippen LogP contribution in [-0.4, -0.2) is 16.4 Å². The van der Waals surface area contributed by atoms with Crippen LogP contribution in [0.3, 0.4) is 0 Å². The SMILES string of the molecule is O=C(CCCl)n1c(=O)oc2cc(Cl)ccc21. The molecular weight excluding hydrogens is 253 g/mol. The van der Waals surface area contributed by atoms with Gasteiger partial charge in [-0.05, 0) is 12.1 Å². The number of aromatic nitrogens is 1. The van der Waals surface area contributed by atoms with Crippen molar-refractivity contribution in [2.45, 2.75) is 6.42 Å². The van der Waals surface area contributed by atoms with E-state index in [1.165, 1.54) is 6.07 Å². The third kappa shape index (κ3) is 1.86. The summed E-state index contributed by atoms with van der Waals surface area (Å²) < 4.78 is 5.87. The molecule has 0 saturated carbocycles. The largest absolute Gasteiger partial charge is 0.426 e. The minimum atomic E-state index is -0.715.